The first-order valence-electron chi connectivity index (χ1n) is 13.8. The number of thioether (sulfide) groups is 1. The maximum atomic E-state index is 13.2. The lowest BCUT2D eigenvalue weighted by molar-refractivity contribution is 0.0500. The number of hydrogen-bond acceptors (Lipinski definition) is 4. The number of ether oxygens (including phenoxy) is 1. The van der Waals surface area contributed by atoms with Crippen LogP contribution in [0.3, 0.4) is 0 Å². The van der Waals surface area contributed by atoms with Gasteiger partial charge in [0.1, 0.15) is 0 Å². The monoisotopic (exact) mass is 542 g/mol. The smallest absolute Gasteiger partial charge is 0.338 e. The molecule has 0 saturated carbocycles. The summed E-state index contributed by atoms with van der Waals surface area (Å²) in [6, 6.07) is 36.7. The van der Waals surface area contributed by atoms with Gasteiger partial charge in [0.05, 0.1) is 12.2 Å². The number of carbonyl (C=O) groups excluding carboxylic acids is 2. The van der Waals surface area contributed by atoms with Gasteiger partial charge in [0.2, 0.25) is 5.12 Å². The van der Waals surface area contributed by atoms with E-state index in [0.29, 0.717) is 17.5 Å². The van der Waals surface area contributed by atoms with Crippen molar-refractivity contribution < 1.29 is 14.3 Å². The van der Waals surface area contributed by atoms with Crippen molar-refractivity contribution in [3.63, 3.8) is 0 Å². The Hall–Kier alpha value is -4.15. The van der Waals surface area contributed by atoms with Crippen LogP contribution in [0.25, 0.3) is 43.1 Å². The molecule has 0 spiro atoms. The van der Waals surface area contributed by atoms with Crippen molar-refractivity contribution in [1.29, 1.82) is 0 Å². The first-order chi connectivity index (χ1) is 19.6. The van der Waals surface area contributed by atoms with E-state index in [2.05, 4.69) is 55.5 Å². The highest BCUT2D eigenvalue weighted by atomic mass is 32.2. The number of carbonyl (C=O) groups is 2. The maximum absolute atomic E-state index is 13.2. The van der Waals surface area contributed by atoms with Gasteiger partial charge in [-0.15, -0.1) is 0 Å². The average molecular weight is 543 g/mol. The fraction of sp³-hybridized carbons (Fsp3) is 0.167. The molecule has 40 heavy (non-hydrogen) atoms. The van der Waals surface area contributed by atoms with Gasteiger partial charge in [-0.05, 0) is 104 Å². The van der Waals surface area contributed by atoms with Crippen LogP contribution in [-0.4, -0.2) is 22.9 Å². The molecule has 0 bridgehead atoms. The molecule has 0 fully saturated rings. The zero-order valence-corrected chi connectivity index (χ0v) is 23.2. The average Bonchev–Trinajstić information content (AvgIpc) is 2.98. The van der Waals surface area contributed by atoms with E-state index in [0.717, 1.165) is 45.2 Å². The normalized spacial score (nSPS) is 12.2. The lowest BCUT2D eigenvalue weighted by Crippen LogP contribution is -2.13. The van der Waals surface area contributed by atoms with Gasteiger partial charge in [-0.25, -0.2) is 4.79 Å². The Morgan fingerprint density at radius 3 is 1.62 bits per heavy atom. The van der Waals surface area contributed by atoms with Crippen LogP contribution in [0.1, 0.15) is 46.9 Å². The molecular weight excluding hydrogens is 512 g/mol. The van der Waals surface area contributed by atoms with E-state index in [1.54, 1.807) is 0 Å². The number of benzene rings is 6. The van der Waals surface area contributed by atoms with E-state index < -0.39 is 0 Å². The molecule has 0 amide bonds. The fourth-order valence-electron chi connectivity index (χ4n) is 5.30. The largest absolute Gasteiger partial charge is 0.462 e. The zero-order chi connectivity index (χ0) is 27.5. The van der Waals surface area contributed by atoms with Crippen LogP contribution in [0.4, 0.5) is 0 Å². The third-order valence-corrected chi connectivity index (χ3v) is 8.69. The van der Waals surface area contributed by atoms with Crippen molar-refractivity contribution >= 4 is 65.9 Å². The SMILES string of the molecule is CCC[C@@H](CCOC(=O)c1ccc2cc3ccccc3cc2c1)SC(=O)c1ccc2cc3ccccc3cc2c1. The third-order valence-electron chi connectivity index (χ3n) is 7.44. The second-order valence-electron chi connectivity index (χ2n) is 10.3. The summed E-state index contributed by atoms with van der Waals surface area (Å²) in [4.78, 5) is 26.1. The summed E-state index contributed by atoms with van der Waals surface area (Å²) in [5.74, 6) is -0.330. The molecule has 198 valence electrons. The molecule has 0 unspecified atom stereocenters. The molecule has 3 nitrogen and oxygen atoms in total. The van der Waals surface area contributed by atoms with E-state index in [4.69, 9.17) is 4.74 Å². The fourth-order valence-corrected chi connectivity index (χ4v) is 6.44. The zero-order valence-electron chi connectivity index (χ0n) is 22.4. The van der Waals surface area contributed by atoms with Gasteiger partial charge < -0.3 is 4.74 Å². The van der Waals surface area contributed by atoms with Crippen molar-refractivity contribution in [3.05, 3.63) is 120 Å². The Kier molecular flexibility index (Phi) is 7.52. The number of fused-ring (bicyclic) bond motifs is 4. The van der Waals surface area contributed by atoms with Gasteiger partial charge in [0.25, 0.3) is 0 Å². The van der Waals surface area contributed by atoms with Crippen molar-refractivity contribution in [3.8, 4) is 0 Å². The van der Waals surface area contributed by atoms with Crippen molar-refractivity contribution in [2.24, 2.45) is 0 Å². The first kappa shape index (κ1) is 26.1. The Morgan fingerprint density at radius 1 is 0.600 bits per heavy atom. The highest BCUT2D eigenvalue weighted by molar-refractivity contribution is 8.14. The predicted octanol–water partition coefficient (Wildman–Crippen LogP) is 9.59. The lowest BCUT2D eigenvalue weighted by Gasteiger charge is -2.15. The van der Waals surface area contributed by atoms with E-state index in [9.17, 15) is 9.59 Å². The molecule has 0 saturated heterocycles. The first-order valence-corrected chi connectivity index (χ1v) is 14.7. The van der Waals surface area contributed by atoms with Crippen LogP contribution in [0.15, 0.2) is 109 Å². The van der Waals surface area contributed by atoms with Crippen LogP contribution in [-0.2, 0) is 4.74 Å². The molecule has 4 heteroatoms. The lowest BCUT2D eigenvalue weighted by atomic mass is 10.0. The summed E-state index contributed by atoms with van der Waals surface area (Å²) in [5.41, 5.74) is 1.25. The topological polar surface area (TPSA) is 43.4 Å². The molecule has 0 aliphatic heterocycles. The molecule has 0 aliphatic carbocycles. The minimum atomic E-state index is -0.330. The molecule has 6 aromatic rings. The van der Waals surface area contributed by atoms with Gasteiger partial charge in [0.15, 0.2) is 0 Å². The molecular formula is C36H30O3S. The van der Waals surface area contributed by atoms with E-state index in [-0.39, 0.29) is 22.9 Å². The molecule has 1 atom stereocenters. The Balaban J connectivity index is 1.10. The molecule has 0 aliphatic rings. The van der Waals surface area contributed by atoms with Crippen LogP contribution < -0.4 is 0 Å². The Bertz CT molecular complexity index is 1870. The molecule has 6 rings (SSSR count). The number of hydrogen-bond donors (Lipinski definition) is 0. The van der Waals surface area contributed by atoms with Gasteiger partial charge in [-0.2, -0.15) is 0 Å². The van der Waals surface area contributed by atoms with E-state index in [1.807, 2.05) is 60.7 Å². The van der Waals surface area contributed by atoms with Crippen molar-refractivity contribution in [2.75, 3.05) is 6.61 Å². The van der Waals surface area contributed by atoms with Crippen LogP contribution >= 0.6 is 11.8 Å². The van der Waals surface area contributed by atoms with E-state index >= 15 is 0 Å². The summed E-state index contributed by atoms with van der Waals surface area (Å²) in [6.07, 6.45) is 2.48. The highest BCUT2D eigenvalue weighted by Crippen LogP contribution is 2.29. The van der Waals surface area contributed by atoms with Crippen molar-refractivity contribution in [1.82, 2.24) is 0 Å². The number of rotatable bonds is 8. The van der Waals surface area contributed by atoms with Crippen molar-refractivity contribution in [2.45, 2.75) is 31.4 Å². The summed E-state index contributed by atoms with van der Waals surface area (Å²) in [7, 11) is 0. The summed E-state index contributed by atoms with van der Waals surface area (Å²) in [5, 5.41) is 9.11. The van der Waals surface area contributed by atoms with Crippen LogP contribution in [0.2, 0.25) is 0 Å². The minimum Gasteiger partial charge on any atom is -0.462 e. The standard InChI is InChI=1S/C36H30O3S/c1-2-7-34(40-36(38)31-15-13-29-19-25-9-4-6-11-27(25)21-33(29)23-31)16-17-39-35(37)30-14-12-28-18-24-8-3-5-10-26(24)20-32(28)22-30/h3-6,8-15,18-23,34H,2,7,16-17H2,1H3/t34-/m0/s1. The van der Waals surface area contributed by atoms with Crippen LogP contribution in [0.5, 0.6) is 0 Å². The third kappa shape index (κ3) is 5.59. The maximum Gasteiger partial charge on any atom is 0.338 e. The summed E-state index contributed by atoms with van der Waals surface area (Å²) < 4.78 is 5.66. The highest BCUT2D eigenvalue weighted by Gasteiger charge is 2.18. The number of esters is 1. The predicted molar refractivity (Wildman–Crippen MR) is 168 cm³/mol. The van der Waals surface area contributed by atoms with Gasteiger partial charge >= 0.3 is 5.97 Å². The Labute approximate surface area is 238 Å². The van der Waals surface area contributed by atoms with Crippen LogP contribution in [0, 0.1) is 0 Å². The van der Waals surface area contributed by atoms with Gasteiger partial charge in [-0.1, -0.05) is 85.8 Å². The molecule has 0 heterocycles. The summed E-state index contributed by atoms with van der Waals surface area (Å²) >= 11 is 1.35. The quantitative estimate of drug-likeness (QED) is 0.142. The molecule has 6 aromatic carbocycles. The molecule has 0 radical (unpaired) electrons. The van der Waals surface area contributed by atoms with Gasteiger partial charge in [0, 0.05) is 10.8 Å². The van der Waals surface area contributed by atoms with E-state index in [1.165, 1.54) is 22.5 Å². The Morgan fingerprint density at radius 2 is 1.07 bits per heavy atom. The molecule has 0 aromatic heterocycles. The second-order valence-corrected chi connectivity index (χ2v) is 11.5. The second kappa shape index (κ2) is 11.5. The molecule has 0 N–H and O–H groups in total. The summed E-state index contributed by atoms with van der Waals surface area (Å²) in [6.45, 7) is 2.40. The minimum absolute atomic E-state index is 0.0570. The van der Waals surface area contributed by atoms with Gasteiger partial charge in [-0.3, -0.25) is 4.79 Å².